The van der Waals surface area contributed by atoms with E-state index in [1.54, 1.807) is 13.0 Å². The molecule has 0 radical (unpaired) electrons. The summed E-state index contributed by atoms with van der Waals surface area (Å²) in [6, 6.07) is 4.47. The summed E-state index contributed by atoms with van der Waals surface area (Å²) in [6.07, 6.45) is -0.0499. The van der Waals surface area contributed by atoms with E-state index in [-0.39, 0.29) is 17.9 Å². The average molecular weight is 315 g/mol. The largest absolute Gasteiger partial charge is 0.480 e. The number of aliphatic carboxylic acids is 1. The third-order valence-electron chi connectivity index (χ3n) is 2.56. The number of carbonyl (C=O) groups excluding carboxylic acids is 1. The van der Waals surface area contributed by atoms with Gasteiger partial charge < -0.3 is 9.84 Å². The molecular weight excluding hydrogens is 298 g/mol. The van der Waals surface area contributed by atoms with E-state index >= 15 is 0 Å². The van der Waals surface area contributed by atoms with Crippen LogP contribution < -0.4 is 4.72 Å². The first kappa shape index (κ1) is 17.1. The van der Waals surface area contributed by atoms with Crippen molar-refractivity contribution in [3.05, 3.63) is 29.8 Å². The summed E-state index contributed by atoms with van der Waals surface area (Å²) in [4.78, 5) is 22.0. The van der Waals surface area contributed by atoms with Crippen molar-refractivity contribution in [3.63, 3.8) is 0 Å². The van der Waals surface area contributed by atoms with Crippen molar-refractivity contribution >= 4 is 22.0 Å². The molecule has 116 valence electrons. The van der Waals surface area contributed by atoms with E-state index in [9.17, 15) is 18.0 Å². The van der Waals surface area contributed by atoms with Crippen LogP contribution >= 0.6 is 0 Å². The number of benzene rings is 1. The van der Waals surface area contributed by atoms with E-state index in [1.165, 1.54) is 25.1 Å². The van der Waals surface area contributed by atoms with Crippen LogP contribution in [-0.4, -0.2) is 38.1 Å². The van der Waals surface area contributed by atoms with Gasteiger partial charge in [0.15, 0.2) is 0 Å². The van der Waals surface area contributed by atoms with Gasteiger partial charge in [0.25, 0.3) is 0 Å². The number of hydrogen-bond donors (Lipinski definition) is 2. The monoisotopic (exact) mass is 315 g/mol. The first-order valence-electron chi connectivity index (χ1n) is 6.26. The summed E-state index contributed by atoms with van der Waals surface area (Å²) in [5.74, 6) is -1.74. The summed E-state index contributed by atoms with van der Waals surface area (Å²) in [7, 11) is -3.96. The maximum absolute atomic E-state index is 12.0. The minimum Gasteiger partial charge on any atom is -0.480 e. The van der Waals surface area contributed by atoms with Crippen LogP contribution in [0.3, 0.4) is 0 Å². The standard InChI is InChI=1S/C13H17NO6S/c1-3-20-12(15)8-10-5-4-6-11(7-10)21(18,19)14-9(2)13(16)17/h4-7,9,14H,3,8H2,1-2H3,(H,16,17)/t9-/m0/s1. The molecule has 0 saturated carbocycles. The molecule has 0 spiro atoms. The van der Waals surface area contributed by atoms with Crippen LogP contribution in [0.2, 0.25) is 0 Å². The fourth-order valence-electron chi connectivity index (χ4n) is 1.55. The minimum atomic E-state index is -3.96. The fourth-order valence-corrected chi connectivity index (χ4v) is 2.82. The van der Waals surface area contributed by atoms with E-state index in [0.717, 1.165) is 0 Å². The van der Waals surface area contributed by atoms with Gasteiger partial charge in [-0.2, -0.15) is 4.72 Å². The van der Waals surface area contributed by atoms with Gasteiger partial charge in [0.1, 0.15) is 6.04 Å². The first-order valence-corrected chi connectivity index (χ1v) is 7.74. The van der Waals surface area contributed by atoms with Crippen LogP contribution in [0.1, 0.15) is 19.4 Å². The molecule has 2 N–H and O–H groups in total. The Bertz CT molecular complexity index is 625. The highest BCUT2D eigenvalue weighted by Gasteiger charge is 2.21. The number of nitrogens with one attached hydrogen (secondary N) is 1. The molecule has 8 heteroatoms. The summed E-state index contributed by atoms with van der Waals surface area (Å²) in [5, 5.41) is 8.74. The minimum absolute atomic E-state index is 0.0499. The van der Waals surface area contributed by atoms with Crippen molar-refractivity contribution in [1.29, 1.82) is 0 Å². The van der Waals surface area contributed by atoms with Crippen LogP contribution in [0, 0.1) is 0 Å². The molecule has 21 heavy (non-hydrogen) atoms. The van der Waals surface area contributed by atoms with E-state index in [4.69, 9.17) is 9.84 Å². The Kier molecular flexibility index (Phi) is 5.86. The molecule has 1 rings (SSSR count). The van der Waals surface area contributed by atoms with Gasteiger partial charge in [0.05, 0.1) is 17.9 Å². The third kappa shape index (κ3) is 5.16. The van der Waals surface area contributed by atoms with Crippen molar-refractivity contribution in [2.45, 2.75) is 31.2 Å². The summed E-state index contributed by atoms with van der Waals surface area (Å²) >= 11 is 0. The van der Waals surface area contributed by atoms with Crippen LogP contribution in [0.25, 0.3) is 0 Å². The number of rotatable bonds is 7. The van der Waals surface area contributed by atoms with Crippen LogP contribution in [0.15, 0.2) is 29.2 Å². The van der Waals surface area contributed by atoms with Crippen LogP contribution in [0.5, 0.6) is 0 Å². The zero-order valence-electron chi connectivity index (χ0n) is 11.7. The Morgan fingerprint density at radius 1 is 1.38 bits per heavy atom. The lowest BCUT2D eigenvalue weighted by Gasteiger charge is -2.11. The predicted octanol–water partition coefficient (Wildman–Crippen LogP) is 0.544. The summed E-state index contributed by atoms with van der Waals surface area (Å²) < 4.78 is 30.9. The molecule has 7 nitrogen and oxygen atoms in total. The lowest BCUT2D eigenvalue weighted by Crippen LogP contribution is -2.38. The Morgan fingerprint density at radius 3 is 2.62 bits per heavy atom. The Balaban J connectivity index is 2.93. The highest BCUT2D eigenvalue weighted by atomic mass is 32.2. The van der Waals surface area contributed by atoms with Crippen LogP contribution in [-0.2, 0) is 30.8 Å². The van der Waals surface area contributed by atoms with Crippen molar-refractivity contribution < 1.29 is 27.9 Å². The Labute approximate surface area is 123 Å². The SMILES string of the molecule is CCOC(=O)Cc1cccc(S(=O)(=O)N[C@@H](C)C(=O)O)c1. The molecule has 0 aromatic heterocycles. The van der Waals surface area contributed by atoms with E-state index < -0.39 is 28.0 Å². The molecule has 0 saturated heterocycles. The van der Waals surface area contributed by atoms with Crippen molar-refractivity contribution in [1.82, 2.24) is 4.72 Å². The molecular formula is C13H17NO6S. The fraction of sp³-hybridized carbons (Fsp3) is 0.385. The first-order chi connectivity index (χ1) is 9.76. The van der Waals surface area contributed by atoms with Gasteiger partial charge in [-0.25, -0.2) is 8.42 Å². The second-order valence-corrected chi connectivity index (χ2v) is 6.02. The van der Waals surface area contributed by atoms with Gasteiger partial charge in [-0.3, -0.25) is 9.59 Å². The van der Waals surface area contributed by atoms with Crippen molar-refractivity contribution in [2.75, 3.05) is 6.61 Å². The lowest BCUT2D eigenvalue weighted by molar-refractivity contribution is -0.142. The van der Waals surface area contributed by atoms with Crippen LogP contribution in [0.4, 0.5) is 0 Å². The number of ether oxygens (including phenoxy) is 1. The number of hydrogen-bond acceptors (Lipinski definition) is 5. The van der Waals surface area contributed by atoms with Gasteiger partial charge in [0, 0.05) is 0 Å². The third-order valence-corrected chi connectivity index (χ3v) is 4.10. The van der Waals surface area contributed by atoms with Gasteiger partial charge in [-0.1, -0.05) is 12.1 Å². The molecule has 1 aromatic carbocycles. The molecule has 0 unspecified atom stereocenters. The van der Waals surface area contributed by atoms with E-state index in [1.807, 2.05) is 4.72 Å². The second kappa shape index (κ2) is 7.19. The Morgan fingerprint density at radius 2 is 2.05 bits per heavy atom. The molecule has 1 aromatic rings. The molecule has 0 heterocycles. The maximum atomic E-state index is 12.0. The molecule has 0 aliphatic rings. The van der Waals surface area contributed by atoms with E-state index in [2.05, 4.69) is 0 Å². The highest BCUT2D eigenvalue weighted by molar-refractivity contribution is 7.89. The highest BCUT2D eigenvalue weighted by Crippen LogP contribution is 2.13. The van der Waals surface area contributed by atoms with Gasteiger partial charge in [-0.15, -0.1) is 0 Å². The smallest absolute Gasteiger partial charge is 0.321 e. The average Bonchev–Trinajstić information content (AvgIpc) is 2.38. The maximum Gasteiger partial charge on any atom is 0.321 e. The number of carboxylic acid groups (broad SMARTS) is 1. The number of sulfonamides is 1. The molecule has 0 amide bonds. The van der Waals surface area contributed by atoms with E-state index in [0.29, 0.717) is 5.56 Å². The molecule has 0 fully saturated rings. The number of carbonyl (C=O) groups is 2. The molecule has 0 bridgehead atoms. The lowest BCUT2D eigenvalue weighted by atomic mass is 10.1. The summed E-state index contributed by atoms with van der Waals surface area (Å²) in [6.45, 7) is 3.15. The Hall–Kier alpha value is -1.93. The topological polar surface area (TPSA) is 110 Å². The van der Waals surface area contributed by atoms with Crippen molar-refractivity contribution in [2.24, 2.45) is 0 Å². The molecule has 1 atom stereocenters. The molecule has 0 aliphatic carbocycles. The normalized spacial score (nSPS) is 12.7. The second-order valence-electron chi connectivity index (χ2n) is 4.31. The quantitative estimate of drug-likeness (QED) is 0.711. The van der Waals surface area contributed by atoms with Crippen molar-refractivity contribution in [3.8, 4) is 0 Å². The number of carboxylic acids is 1. The zero-order valence-corrected chi connectivity index (χ0v) is 12.5. The van der Waals surface area contributed by atoms with Gasteiger partial charge in [0.2, 0.25) is 10.0 Å². The summed E-state index contributed by atoms with van der Waals surface area (Å²) in [5.41, 5.74) is 0.472. The predicted molar refractivity (Wildman–Crippen MR) is 74.2 cm³/mol. The molecule has 0 aliphatic heterocycles. The van der Waals surface area contributed by atoms with Gasteiger partial charge >= 0.3 is 11.9 Å². The van der Waals surface area contributed by atoms with Gasteiger partial charge in [-0.05, 0) is 31.5 Å². The number of esters is 1. The zero-order chi connectivity index (χ0) is 16.0.